The Kier molecular flexibility index (Phi) is 3.01. The number of hydrogen-bond donors (Lipinski definition) is 1. The second-order valence-corrected chi connectivity index (χ2v) is 6.30. The monoisotopic (exact) mass is 310 g/mol. The molecule has 1 fully saturated rings. The first-order chi connectivity index (χ1) is 11.1. The second-order valence-electron chi connectivity index (χ2n) is 6.30. The van der Waals surface area contributed by atoms with Gasteiger partial charge >= 0.3 is 6.03 Å². The summed E-state index contributed by atoms with van der Waals surface area (Å²) in [5.74, 6) is -0.127. The largest absolute Gasteiger partial charge is 0.325 e. The predicted molar refractivity (Wildman–Crippen MR) is 83.5 cm³/mol. The lowest BCUT2D eigenvalue weighted by Crippen LogP contribution is -2.51. The average molecular weight is 310 g/mol. The molecule has 118 valence electrons. The molecule has 0 unspecified atom stereocenters. The van der Waals surface area contributed by atoms with Crippen LogP contribution in [0, 0.1) is 0 Å². The smallest absolute Gasteiger partial charge is 0.323 e. The summed E-state index contributed by atoms with van der Waals surface area (Å²) < 4.78 is 1.68. The topological polar surface area (TPSA) is 67.2 Å². The third kappa shape index (κ3) is 2.13. The fourth-order valence-electron chi connectivity index (χ4n) is 3.56. The Morgan fingerprint density at radius 3 is 2.74 bits per heavy atom. The molecule has 1 aliphatic heterocycles. The lowest BCUT2D eigenvalue weighted by Gasteiger charge is -2.32. The first-order valence-corrected chi connectivity index (χ1v) is 7.77. The molecule has 2 aliphatic rings. The molecule has 0 bridgehead atoms. The van der Waals surface area contributed by atoms with Crippen LogP contribution in [0.2, 0.25) is 0 Å². The number of amides is 3. The molecule has 23 heavy (non-hydrogen) atoms. The van der Waals surface area contributed by atoms with Gasteiger partial charge in [0.15, 0.2) is 0 Å². The van der Waals surface area contributed by atoms with Gasteiger partial charge in [-0.1, -0.05) is 24.3 Å². The summed E-state index contributed by atoms with van der Waals surface area (Å²) in [4.78, 5) is 26.6. The molecule has 1 aromatic heterocycles. The van der Waals surface area contributed by atoms with Crippen molar-refractivity contribution in [1.82, 2.24) is 20.0 Å². The zero-order valence-corrected chi connectivity index (χ0v) is 13.0. The molecule has 1 atom stereocenters. The van der Waals surface area contributed by atoms with Crippen LogP contribution in [0.5, 0.6) is 0 Å². The molecule has 0 radical (unpaired) electrons. The van der Waals surface area contributed by atoms with Crippen LogP contribution >= 0.6 is 0 Å². The van der Waals surface area contributed by atoms with Crippen LogP contribution in [0.3, 0.4) is 0 Å². The van der Waals surface area contributed by atoms with Crippen molar-refractivity contribution in [3.05, 3.63) is 53.3 Å². The third-order valence-electron chi connectivity index (χ3n) is 4.92. The zero-order valence-electron chi connectivity index (χ0n) is 13.0. The number of aryl methyl sites for hydroxylation is 2. The number of benzene rings is 1. The minimum absolute atomic E-state index is 0.127. The van der Waals surface area contributed by atoms with Crippen molar-refractivity contribution < 1.29 is 9.59 Å². The molecule has 0 saturated carbocycles. The summed E-state index contributed by atoms with van der Waals surface area (Å²) in [5, 5.41) is 7.04. The van der Waals surface area contributed by atoms with E-state index in [1.165, 1.54) is 10.5 Å². The highest BCUT2D eigenvalue weighted by molar-refractivity contribution is 6.07. The first-order valence-electron chi connectivity index (χ1n) is 7.77. The van der Waals surface area contributed by atoms with Crippen LogP contribution in [0.25, 0.3) is 0 Å². The molecular formula is C17H18N4O2. The normalized spacial score (nSPS) is 23.3. The molecular weight excluding hydrogens is 292 g/mol. The summed E-state index contributed by atoms with van der Waals surface area (Å²) in [7, 11) is 1.81. The third-order valence-corrected chi connectivity index (χ3v) is 4.92. The Labute approximate surface area is 134 Å². The van der Waals surface area contributed by atoms with Gasteiger partial charge in [0.25, 0.3) is 5.91 Å². The second kappa shape index (κ2) is 4.94. The van der Waals surface area contributed by atoms with Crippen LogP contribution in [0.4, 0.5) is 4.79 Å². The maximum absolute atomic E-state index is 13.0. The zero-order chi connectivity index (χ0) is 16.0. The summed E-state index contributed by atoms with van der Waals surface area (Å²) in [6.07, 6.45) is 3.69. The van der Waals surface area contributed by atoms with Crippen LogP contribution in [0.15, 0.2) is 36.5 Å². The Balaban J connectivity index is 1.62. The molecule has 1 spiro atoms. The number of aromatic nitrogens is 2. The number of fused-ring (bicyclic) bond motifs is 1. The van der Waals surface area contributed by atoms with Crippen LogP contribution < -0.4 is 5.32 Å². The number of hydrogen-bond acceptors (Lipinski definition) is 3. The van der Waals surface area contributed by atoms with Crippen LogP contribution in [-0.2, 0) is 31.2 Å². The average Bonchev–Trinajstić information content (AvgIpc) is 3.05. The van der Waals surface area contributed by atoms with E-state index in [1.807, 2.05) is 24.3 Å². The summed E-state index contributed by atoms with van der Waals surface area (Å²) >= 11 is 0. The highest BCUT2D eigenvalue weighted by Gasteiger charge is 2.52. The van der Waals surface area contributed by atoms with E-state index in [0.717, 1.165) is 17.7 Å². The van der Waals surface area contributed by atoms with Gasteiger partial charge in [-0.15, -0.1) is 0 Å². The number of carbonyl (C=O) groups is 2. The summed E-state index contributed by atoms with van der Waals surface area (Å²) in [6, 6.07) is 9.64. The van der Waals surface area contributed by atoms with Gasteiger partial charge < -0.3 is 5.32 Å². The minimum atomic E-state index is -0.788. The quantitative estimate of drug-likeness (QED) is 0.853. The molecule has 1 aliphatic carbocycles. The molecule has 1 N–H and O–H groups in total. The Bertz CT molecular complexity index is 797. The van der Waals surface area contributed by atoms with Crippen LogP contribution in [-0.4, -0.2) is 32.2 Å². The number of nitrogens with one attached hydrogen (secondary N) is 1. The molecule has 6 heteroatoms. The maximum Gasteiger partial charge on any atom is 0.325 e. The van der Waals surface area contributed by atoms with E-state index in [0.29, 0.717) is 12.8 Å². The van der Waals surface area contributed by atoms with E-state index in [-0.39, 0.29) is 18.5 Å². The minimum Gasteiger partial charge on any atom is -0.323 e. The summed E-state index contributed by atoms with van der Waals surface area (Å²) in [6.45, 7) is 0.255. The van der Waals surface area contributed by atoms with Gasteiger partial charge in [0.2, 0.25) is 0 Å². The highest BCUT2D eigenvalue weighted by Crippen LogP contribution is 2.34. The van der Waals surface area contributed by atoms with Crippen molar-refractivity contribution in [3.63, 3.8) is 0 Å². The van der Waals surface area contributed by atoms with E-state index in [4.69, 9.17) is 0 Å². The Morgan fingerprint density at radius 1 is 1.22 bits per heavy atom. The van der Waals surface area contributed by atoms with Gasteiger partial charge in [0, 0.05) is 19.7 Å². The lowest BCUT2D eigenvalue weighted by molar-refractivity contribution is -0.132. The van der Waals surface area contributed by atoms with Gasteiger partial charge in [-0.2, -0.15) is 5.10 Å². The van der Waals surface area contributed by atoms with Crippen molar-refractivity contribution in [2.24, 2.45) is 7.05 Å². The number of carbonyl (C=O) groups excluding carboxylic acids is 2. The van der Waals surface area contributed by atoms with Gasteiger partial charge in [0.05, 0.1) is 12.2 Å². The van der Waals surface area contributed by atoms with Crippen molar-refractivity contribution in [3.8, 4) is 0 Å². The van der Waals surface area contributed by atoms with Crippen molar-refractivity contribution >= 4 is 11.9 Å². The van der Waals surface area contributed by atoms with Gasteiger partial charge in [-0.25, -0.2) is 4.79 Å². The van der Waals surface area contributed by atoms with Gasteiger partial charge in [-0.3, -0.25) is 14.4 Å². The van der Waals surface area contributed by atoms with Gasteiger partial charge in [0.1, 0.15) is 5.54 Å². The van der Waals surface area contributed by atoms with Crippen molar-refractivity contribution in [1.29, 1.82) is 0 Å². The molecule has 4 rings (SSSR count). The fourth-order valence-corrected chi connectivity index (χ4v) is 3.56. The van der Waals surface area contributed by atoms with E-state index in [9.17, 15) is 9.59 Å². The first kappa shape index (κ1) is 14.0. The number of urea groups is 1. The van der Waals surface area contributed by atoms with E-state index in [2.05, 4.69) is 16.5 Å². The van der Waals surface area contributed by atoms with E-state index >= 15 is 0 Å². The lowest BCUT2D eigenvalue weighted by atomic mass is 9.78. The van der Waals surface area contributed by atoms with Crippen molar-refractivity contribution in [2.75, 3.05) is 0 Å². The highest BCUT2D eigenvalue weighted by atomic mass is 16.2. The molecule has 6 nitrogen and oxygen atoms in total. The Morgan fingerprint density at radius 2 is 2.00 bits per heavy atom. The number of nitrogens with zero attached hydrogens (tertiary/aromatic N) is 3. The van der Waals surface area contributed by atoms with Crippen molar-refractivity contribution in [2.45, 2.75) is 31.3 Å². The number of rotatable bonds is 2. The SMILES string of the molecule is Cn1nccc1CN1C(=O)N[C@@]2(CCc3ccccc3C2)C1=O. The molecule has 1 aromatic carbocycles. The summed E-state index contributed by atoms with van der Waals surface area (Å²) in [5.41, 5.74) is 2.46. The molecule has 1 saturated heterocycles. The van der Waals surface area contributed by atoms with Crippen LogP contribution in [0.1, 0.15) is 23.2 Å². The maximum atomic E-state index is 13.0. The Hall–Kier alpha value is -2.63. The standard InChI is InChI=1S/C17H18N4O2/c1-20-14(7-9-18-20)11-21-15(22)17(19-16(21)23)8-6-12-4-2-3-5-13(12)10-17/h2-5,7,9H,6,8,10-11H2,1H3,(H,19,23)/t17-/m1/s1. The predicted octanol–water partition coefficient (Wildman–Crippen LogP) is 1.40. The fraction of sp³-hybridized carbons (Fsp3) is 0.353. The number of imide groups is 1. The molecule has 2 aromatic rings. The molecule has 3 amide bonds. The van der Waals surface area contributed by atoms with E-state index in [1.54, 1.807) is 17.9 Å². The van der Waals surface area contributed by atoms with E-state index < -0.39 is 5.54 Å². The van der Waals surface area contributed by atoms with Gasteiger partial charge in [-0.05, 0) is 30.0 Å². The molecule has 2 heterocycles.